The standard InChI is InChI=1S/C15H24N2OS2/c1-3-14-15(20-9-8-19-14)12(17-16)10-11-6-4-5-7-13(11)18-2/h4-7,12,14-15,17H,3,8-10,16H2,1-2H3. The SMILES string of the molecule is CCC1SCCSC1C(Cc1ccccc1OC)NN. The van der Waals surface area contributed by atoms with Crippen LogP contribution in [0.15, 0.2) is 24.3 Å². The molecule has 20 heavy (non-hydrogen) atoms. The summed E-state index contributed by atoms with van der Waals surface area (Å²) in [6.45, 7) is 2.27. The van der Waals surface area contributed by atoms with E-state index in [1.54, 1.807) is 7.11 Å². The second kappa shape index (κ2) is 8.17. The van der Waals surface area contributed by atoms with Crippen molar-refractivity contribution in [2.75, 3.05) is 18.6 Å². The highest BCUT2D eigenvalue weighted by Crippen LogP contribution is 2.36. The Hall–Kier alpha value is -0.360. The van der Waals surface area contributed by atoms with Crippen molar-refractivity contribution in [1.29, 1.82) is 0 Å². The van der Waals surface area contributed by atoms with Crippen molar-refractivity contribution in [3.63, 3.8) is 0 Å². The van der Waals surface area contributed by atoms with Gasteiger partial charge in [-0.15, -0.1) is 0 Å². The van der Waals surface area contributed by atoms with E-state index in [-0.39, 0.29) is 6.04 Å². The number of benzene rings is 1. The molecule has 1 fully saturated rings. The van der Waals surface area contributed by atoms with Crippen molar-refractivity contribution in [2.45, 2.75) is 36.3 Å². The van der Waals surface area contributed by atoms with E-state index >= 15 is 0 Å². The lowest BCUT2D eigenvalue weighted by molar-refractivity contribution is 0.403. The Bertz CT molecular complexity index is 417. The summed E-state index contributed by atoms with van der Waals surface area (Å²) in [5, 5.41) is 1.25. The van der Waals surface area contributed by atoms with Gasteiger partial charge in [-0.2, -0.15) is 23.5 Å². The van der Waals surface area contributed by atoms with Gasteiger partial charge in [0, 0.05) is 28.0 Å². The molecule has 112 valence electrons. The van der Waals surface area contributed by atoms with Gasteiger partial charge in [0.2, 0.25) is 0 Å². The molecule has 1 aliphatic rings. The topological polar surface area (TPSA) is 47.3 Å². The van der Waals surface area contributed by atoms with E-state index in [0.717, 1.165) is 12.2 Å². The zero-order valence-corrected chi connectivity index (χ0v) is 13.8. The minimum Gasteiger partial charge on any atom is -0.496 e. The van der Waals surface area contributed by atoms with Gasteiger partial charge in [-0.3, -0.25) is 11.3 Å². The molecule has 1 aliphatic heterocycles. The number of methoxy groups -OCH3 is 1. The number of ether oxygens (including phenoxy) is 1. The molecule has 0 bridgehead atoms. The average molecular weight is 313 g/mol. The van der Waals surface area contributed by atoms with Crippen LogP contribution in [0.1, 0.15) is 18.9 Å². The molecular weight excluding hydrogens is 288 g/mol. The third-order valence-electron chi connectivity index (χ3n) is 3.74. The van der Waals surface area contributed by atoms with Crippen molar-refractivity contribution >= 4 is 23.5 Å². The lowest BCUT2D eigenvalue weighted by atomic mass is 10.00. The fraction of sp³-hybridized carbons (Fsp3) is 0.600. The van der Waals surface area contributed by atoms with Crippen LogP contribution in [-0.2, 0) is 6.42 Å². The highest BCUT2D eigenvalue weighted by molar-refractivity contribution is 8.07. The lowest BCUT2D eigenvalue weighted by Crippen LogP contribution is -2.49. The van der Waals surface area contributed by atoms with Crippen LogP contribution in [0.5, 0.6) is 5.75 Å². The van der Waals surface area contributed by atoms with Gasteiger partial charge >= 0.3 is 0 Å². The molecule has 2 rings (SSSR count). The van der Waals surface area contributed by atoms with Gasteiger partial charge in [-0.05, 0) is 24.5 Å². The van der Waals surface area contributed by atoms with E-state index < -0.39 is 0 Å². The average Bonchev–Trinajstić information content (AvgIpc) is 2.53. The Morgan fingerprint density at radius 2 is 2.10 bits per heavy atom. The molecule has 5 heteroatoms. The summed E-state index contributed by atoms with van der Waals surface area (Å²) in [6, 6.07) is 8.50. The van der Waals surface area contributed by atoms with Gasteiger partial charge in [0.25, 0.3) is 0 Å². The molecule has 1 heterocycles. The quantitative estimate of drug-likeness (QED) is 0.625. The molecule has 1 saturated heterocycles. The van der Waals surface area contributed by atoms with Gasteiger partial charge in [0.05, 0.1) is 7.11 Å². The van der Waals surface area contributed by atoms with Crippen molar-refractivity contribution in [3.05, 3.63) is 29.8 Å². The summed E-state index contributed by atoms with van der Waals surface area (Å²) in [4.78, 5) is 0. The first-order chi connectivity index (χ1) is 9.80. The fourth-order valence-corrected chi connectivity index (χ4v) is 5.94. The predicted octanol–water partition coefficient (Wildman–Crippen LogP) is 2.70. The Kier molecular flexibility index (Phi) is 6.55. The number of hydrazine groups is 1. The normalized spacial score (nSPS) is 24.4. The van der Waals surface area contributed by atoms with E-state index in [1.807, 2.05) is 12.1 Å². The molecule has 3 atom stereocenters. The number of hydrogen-bond donors (Lipinski definition) is 2. The van der Waals surface area contributed by atoms with Crippen LogP contribution in [0, 0.1) is 0 Å². The highest BCUT2D eigenvalue weighted by atomic mass is 32.2. The first-order valence-electron chi connectivity index (χ1n) is 7.11. The number of rotatable bonds is 6. The lowest BCUT2D eigenvalue weighted by Gasteiger charge is -2.35. The number of hydrogen-bond acceptors (Lipinski definition) is 5. The number of nitrogens with two attached hydrogens (primary N) is 1. The van der Waals surface area contributed by atoms with E-state index in [1.165, 1.54) is 23.5 Å². The van der Waals surface area contributed by atoms with Crippen LogP contribution in [0.4, 0.5) is 0 Å². The summed E-state index contributed by atoms with van der Waals surface area (Å²) in [5.41, 5.74) is 4.27. The first kappa shape index (κ1) is 16.0. The molecule has 0 radical (unpaired) electrons. The molecule has 3 N–H and O–H groups in total. The monoisotopic (exact) mass is 312 g/mol. The second-order valence-corrected chi connectivity index (χ2v) is 7.58. The van der Waals surface area contributed by atoms with Crippen LogP contribution < -0.4 is 16.0 Å². The van der Waals surface area contributed by atoms with Crippen LogP contribution in [0.3, 0.4) is 0 Å². The zero-order chi connectivity index (χ0) is 14.4. The summed E-state index contributed by atoms with van der Waals surface area (Å²) in [7, 11) is 1.73. The predicted molar refractivity (Wildman–Crippen MR) is 90.6 cm³/mol. The molecule has 3 nitrogen and oxygen atoms in total. The van der Waals surface area contributed by atoms with Crippen molar-refractivity contribution < 1.29 is 4.74 Å². The smallest absolute Gasteiger partial charge is 0.122 e. The van der Waals surface area contributed by atoms with Crippen molar-refractivity contribution in [1.82, 2.24) is 5.43 Å². The Balaban J connectivity index is 2.11. The molecule has 0 aromatic heterocycles. The largest absolute Gasteiger partial charge is 0.496 e. The third-order valence-corrected chi connectivity index (χ3v) is 7.14. The van der Waals surface area contributed by atoms with Gasteiger partial charge in [-0.25, -0.2) is 0 Å². The molecule has 1 aromatic carbocycles. The Morgan fingerprint density at radius 1 is 1.35 bits per heavy atom. The molecule has 0 spiro atoms. The number of nitrogens with one attached hydrogen (secondary N) is 1. The maximum absolute atomic E-state index is 5.85. The minimum atomic E-state index is 0.286. The molecule has 0 aliphatic carbocycles. The maximum Gasteiger partial charge on any atom is 0.122 e. The second-order valence-electron chi connectivity index (χ2n) is 4.94. The molecule has 1 aromatic rings. The molecular formula is C15H24N2OS2. The zero-order valence-electron chi connectivity index (χ0n) is 12.2. The molecule has 3 unspecified atom stereocenters. The van der Waals surface area contributed by atoms with E-state index in [2.05, 4.69) is 48.0 Å². The van der Waals surface area contributed by atoms with Gasteiger partial charge in [-0.1, -0.05) is 25.1 Å². The van der Waals surface area contributed by atoms with Crippen LogP contribution in [0.25, 0.3) is 0 Å². The van der Waals surface area contributed by atoms with Crippen molar-refractivity contribution in [2.24, 2.45) is 5.84 Å². The van der Waals surface area contributed by atoms with Crippen molar-refractivity contribution in [3.8, 4) is 5.75 Å². The summed E-state index contributed by atoms with van der Waals surface area (Å²) < 4.78 is 5.45. The van der Waals surface area contributed by atoms with Crippen LogP contribution in [0.2, 0.25) is 0 Å². The Morgan fingerprint density at radius 3 is 2.80 bits per heavy atom. The number of para-hydroxylation sites is 1. The minimum absolute atomic E-state index is 0.286. The van der Waals surface area contributed by atoms with Gasteiger partial charge in [0.15, 0.2) is 0 Å². The summed E-state index contributed by atoms with van der Waals surface area (Å²) in [6.07, 6.45) is 2.11. The fourth-order valence-electron chi connectivity index (χ4n) is 2.69. The van der Waals surface area contributed by atoms with E-state index in [4.69, 9.17) is 10.6 Å². The molecule has 0 saturated carbocycles. The summed E-state index contributed by atoms with van der Waals surface area (Å²) in [5.74, 6) is 9.27. The summed E-state index contributed by atoms with van der Waals surface area (Å²) >= 11 is 4.14. The maximum atomic E-state index is 5.85. The van der Waals surface area contributed by atoms with E-state index in [9.17, 15) is 0 Å². The van der Waals surface area contributed by atoms with Crippen LogP contribution in [-0.4, -0.2) is 35.2 Å². The van der Waals surface area contributed by atoms with Gasteiger partial charge in [0.1, 0.15) is 5.75 Å². The van der Waals surface area contributed by atoms with Gasteiger partial charge < -0.3 is 4.74 Å². The first-order valence-corrected chi connectivity index (χ1v) is 9.21. The van der Waals surface area contributed by atoms with E-state index in [0.29, 0.717) is 10.5 Å². The highest BCUT2D eigenvalue weighted by Gasteiger charge is 2.32. The van der Waals surface area contributed by atoms with Crippen LogP contribution >= 0.6 is 23.5 Å². The number of thioether (sulfide) groups is 2. The Labute approximate surface area is 130 Å². The molecule has 0 amide bonds. The third kappa shape index (κ3) is 3.85.